The molecule has 2 N–H and O–H groups in total. The van der Waals surface area contributed by atoms with E-state index in [4.69, 9.17) is 47.4 Å². The fourth-order valence-electron chi connectivity index (χ4n) is 15.4. The van der Waals surface area contributed by atoms with Crippen molar-refractivity contribution in [3.05, 3.63) is 102 Å². The third-order valence-corrected chi connectivity index (χ3v) is 37.3. The van der Waals surface area contributed by atoms with Gasteiger partial charge in [-0.1, -0.05) is 69.8 Å². The highest BCUT2D eigenvalue weighted by atomic mass is 32.2. The van der Waals surface area contributed by atoms with Crippen LogP contribution in [0.25, 0.3) is 64.6 Å². The molecule has 9 aromatic carbocycles. The first-order valence-corrected chi connectivity index (χ1v) is 61.5. The van der Waals surface area contributed by atoms with Crippen molar-refractivity contribution in [2.24, 2.45) is 0 Å². The van der Waals surface area contributed by atoms with E-state index in [1.165, 1.54) is 79.9 Å². The number of carbonyl (C=O) groups is 2. The lowest BCUT2D eigenvalue weighted by atomic mass is 9.93. The van der Waals surface area contributed by atoms with Crippen LogP contribution >= 0.6 is 0 Å². The summed E-state index contributed by atoms with van der Waals surface area (Å²) in [5, 5.41) is 7.66. The molecule has 846 valence electrons. The number of sulfonamides is 6. The lowest BCUT2D eigenvalue weighted by molar-refractivity contribution is -0.140. The Balaban J connectivity index is 0.000000407. The number of Topliss-reactive ketones (excluding diaryl/α,β-unsaturated/α-hetero) is 1. The number of rotatable bonds is 69. The van der Waals surface area contributed by atoms with Gasteiger partial charge in [0, 0.05) is 188 Å². The number of esters is 1. The van der Waals surface area contributed by atoms with Crippen LogP contribution < -0.4 is 15.4 Å². The van der Waals surface area contributed by atoms with E-state index < -0.39 is 217 Å². The van der Waals surface area contributed by atoms with Crippen molar-refractivity contribution in [1.29, 1.82) is 0 Å². The van der Waals surface area contributed by atoms with Gasteiger partial charge in [0.05, 0.1) is 199 Å². The Morgan fingerprint density at radius 1 is 0.320 bits per heavy atom. The number of carbonyl (C=O) groups excluding carboxylic acids is 2. The molecule has 0 radical (unpaired) electrons. The first kappa shape index (κ1) is 129. The predicted molar refractivity (Wildman–Crippen MR) is 545 cm³/mol. The fourth-order valence-corrected chi connectivity index (χ4v) is 26.5. The van der Waals surface area contributed by atoms with Crippen LogP contribution in [-0.2, 0) is 158 Å². The minimum absolute atomic E-state index is 0. The molecular formula is C91H128F4N8O37S10-4. The van der Waals surface area contributed by atoms with E-state index in [1.54, 1.807) is 19.9 Å². The zero-order valence-electron chi connectivity index (χ0n) is 83.9. The topological polar surface area (TPSA) is 613 Å². The summed E-state index contributed by atoms with van der Waals surface area (Å²) in [7, 11) is -40.9. The Kier molecular flexibility index (Phi) is 48.8. The van der Waals surface area contributed by atoms with Crippen LogP contribution in [0.4, 0.5) is 28.9 Å². The molecule has 0 aliphatic carbocycles. The summed E-state index contributed by atoms with van der Waals surface area (Å²) >= 11 is 0. The van der Waals surface area contributed by atoms with E-state index in [9.17, 15) is 130 Å². The van der Waals surface area contributed by atoms with Gasteiger partial charge in [0.25, 0.3) is 0 Å². The average Bonchev–Trinajstić information content (AvgIpc) is 0.701. The molecule has 9 rings (SSSR count). The molecule has 150 heavy (non-hydrogen) atoms. The van der Waals surface area contributed by atoms with Gasteiger partial charge >= 0.3 is 5.97 Å². The Bertz CT molecular complexity index is 7170. The van der Waals surface area contributed by atoms with Gasteiger partial charge < -0.3 is 81.0 Å². The van der Waals surface area contributed by atoms with Crippen molar-refractivity contribution in [3.8, 4) is 5.75 Å². The van der Waals surface area contributed by atoms with Gasteiger partial charge in [0.15, 0.2) is 17.4 Å². The summed E-state index contributed by atoms with van der Waals surface area (Å²) in [6.45, 7) is 10.4. The van der Waals surface area contributed by atoms with Crippen molar-refractivity contribution in [3.63, 3.8) is 0 Å². The first-order valence-electron chi connectivity index (χ1n) is 46.5. The molecule has 59 heteroatoms. The maximum atomic E-state index is 14.4. The van der Waals surface area contributed by atoms with E-state index in [0.717, 1.165) is 51.6 Å². The van der Waals surface area contributed by atoms with Crippen LogP contribution in [0, 0.1) is 30.2 Å². The third-order valence-electron chi connectivity index (χ3n) is 23.2. The number of nitrogens with one attached hydrogen (secondary N) is 2. The van der Waals surface area contributed by atoms with Crippen molar-refractivity contribution < 1.29 is 182 Å². The van der Waals surface area contributed by atoms with Gasteiger partial charge in [0.1, 0.15) is 13.2 Å². The van der Waals surface area contributed by atoms with E-state index in [2.05, 4.69) is 15.4 Å². The van der Waals surface area contributed by atoms with Crippen LogP contribution in [0.2, 0.25) is 0 Å². The van der Waals surface area contributed by atoms with Gasteiger partial charge in [-0.15, -0.1) is 0 Å². The summed E-state index contributed by atoms with van der Waals surface area (Å²) in [5.41, 5.74) is -0.304. The zero-order chi connectivity index (χ0) is 111. The van der Waals surface area contributed by atoms with E-state index in [-0.39, 0.29) is 167 Å². The molecule has 2 unspecified atom stereocenters. The highest BCUT2D eigenvalue weighted by molar-refractivity contribution is 7.92. The van der Waals surface area contributed by atoms with Gasteiger partial charge in [-0.25, -0.2) is 106 Å². The van der Waals surface area contributed by atoms with E-state index in [1.807, 2.05) is 13.8 Å². The standard InChI is InChI=1S/C48H64F4N4O19S5.C42H64N4O18S5.CH4/c1-7-14-54(4)78(64,65)38-28-37(53-31(2)9-8-17-70-18-19-71-20-21-72-22-23-73-24-25-74-30-41(57)75-48-46(51)44(49)32(3)45(50)47(48)52)33-10-11-35-39(79(66,67)55(5)15-26-76(58,59)60)29-40(36-13-12-34(38)42(33)43(35)36)80(68,69)56(6)16-27-77(61,62)63;1-7-14-44(4)67(54,55)38-28-37(43-31(2)9-8-17-60-18-19-61-20-21-62-22-23-63-24-25-64-30-32(3)47)33-10-11-35-39(68(56,57)45(5)15-26-65(48,49)50)29-40(36-13-12-34(38)41(33)42(35)36)69(58,59)46(6)16-27-66(51,52)53;/h10-13,28-29,31,53H,7-9,14-27,30H2,1-6H3,(H,58,59,60)(H,61,62,63);10-13,28-29,31,43H,7-9,14-27,30H2,1-6H3,(H,48,49,50)(H,51,52,53);1H4/p-4. The number of ether oxygens (including phenoxy) is 11. The van der Waals surface area contributed by atoms with Crippen LogP contribution in [-0.4, -0.2) is 389 Å². The normalized spacial score (nSPS) is 13.5. The molecular weight excluding hydrogens is 2190 g/mol. The molecule has 0 saturated heterocycles. The average molecular weight is 2320 g/mol. The van der Waals surface area contributed by atoms with Gasteiger partial charge in [0.2, 0.25) is 77.5 Å². The molecule has 0 amide bonds. The molecule has 0 heterocycles. The fraction of sp³-hybridized carbons (Fsp3) is 0.560. The number of benzene rings is 9. The number of hydrogen-bond donors (Lipinski definition) is 2. The summed E-state index contributed by atoms with van der Waals surface area (Å²) in [5.74, 6) is -14.4. The first-order chi connectivity index (χ1) is 69.6. The monoisotopic (exact) mass is 2320 g/mol. The van der Waals surface area contributed by atoms with Crippen molar-refractivity contribution in [2.45, 2.75) is 129 Å². The van der Waals surface area contributed by atoms with E-state index in [0.29, 0.717) is 138 Å². The van der Waals surface area contributed by atoms with Gasteiger partial charge in [-0.2, -0.15) is 26.0 Å². The number of hydrogen-bond acceptors (Lipinski definition) is 39. The van der Waals surface area contributed by atoms with Crippen LogP contribution in [0.5, 0.6) is 5.75 Å². The Morgan fingerprint density at radius 2 is 0.533 bits per heavy atom. The van der Waals surface area contributed by atoms with E-state index >= 15 is 0 Å². The van der Waals surface area contributed by atoms with Crippen LogP contribution in [0.1, 0.15) is 86.1 Å². The Morgan fingerprint density at radius 3 is 0.773 bits per heavy atom. The second-order valence-electron chi connectivity index (χ2n) is 34.5. The molecule has 2 atom stereocenters. The Labute approximate surface area is 873 Å². The quantitative estimate of drug-likeness (QED) is 0.00743. The molecule has 0 fully saturated rings. The van der Waals surface area contributed by atoms with Crippen molar-refractivity contribution in [1.82, 2.24) is 25.8 Å². The molecule has 9 aromatic rings. The van der Waals surface area contributed by atoms with Gasteiger partial charge in [-0.3, -0.25) is 4.79 Å². The van der Waals surface area contributed by atoms with Crippen LogP contribution in [0.15, 0.2) is 102 Å². The predicted octanol–water partition coefficient (Wildman–Crippen LogP) is 6.91. The third kappa shape index (κ3) is 35.1. The lowest BCUT2D eigenvalue weighted by Crippen LogP contribution is -2.33. The molecule has 0 bridgehead atoms. The zero-order valence-corrected chi connectivity index (χ0v) is 92.1. The molecule has 0 saturated carbocycles. The number of nitrogens with zero attached hydrogens (tertiary/aromatic N) is 6. The minimum atomic E-state index is -4.93. The molecule has 0 aliphatic rings. The summed E-state index contributed by atoms with van der Waals surface area (Å²) in [6, 6.07) is 15.2. The smallest absolute Gasteiger partial charge is 0.337 e. The van der Waals surface area contributed by atoms with Crippen molar-refractivity contribution >= 4 is 188 Å². The van der Waals surface area contributed by atoms with Crippen molar-refractivity contribution in [2.75, 3.05) is 247 Å². The second-order valence-corrected chi connectivity index (χ2v) is 52.7. The minimum Gasteiger partial charge on any atom is -0.748 e. The number of ketones is 1. The summed E-state index contributed by atoms with van der Waals surface area (Å²) < 4.78 is 430. The Hall–Kier alpha value is -7.78. The maximum absolute atomic E-state index is 14.4. The molecule has 0 spiro atoms. The second kappa shape index (κ2) is 56.7. The molecule has 0 aliphatic heterocycles. The summed E-state index contributed by atoms with van der Waals surface area (Å²) in [6.07, 6.45) is 3.03. The highest BCUT2D eigenvalue weighted by Crippen LogP contribution is 2.49. The summed E-state index contributed by atoms with van der Waals surface area (Å²) in [4.78, 5) is 19.7. The SMILES string of the molecule is C.CCCN(C)S(=O)(=O)c1cc(NC(C)CCCOCCOCCOCCOCCOCC(=O)Oc2c(F)c(F)c(C)c(F)c2F)c2ccc3c(S(=O)(=O)N(C)CCS(=O)(=O)[O-])cc(S(=O)(=O)N(C)CCS(=O)(=O)[O-])c4ccc1c2c34.CCCN(C)S(=O)(=O)c1cc(NC(C)CCCOCCOCCOCCOCCOCC(C)=O)c2ccc3c(S(=O)(=O)N(C)CCS(=O)(=O)[O-])cc(S(=O)(=O)N(C)CCS(=O)(=O)[O-])c4ccc1c2c34. The number of halogens is 4. The lowest BCUT2D eigenvalue weighted by Gasteiger charge is -2.26. The van der Waals surface area contributed by atoms with Crippen LogP contribution in [0.3, 0.4) is 0 Å². The number of anilines is 2. The molecule has 45 nitrogen and oxygen atoms in total. The molecule has 0 aromatic heterocycles. The maximum Gasteiger partial charge on any atom is 0.337 e. The highest BCUT2D eigenvalue weighted by Gasteiger charge is 2.38. The van der Waals surface area contributed by atoms with Gasteiger partial charge in [-0.05, 0) is 90.5 Å². The largest absolute Gasteiger partial charge is 0.748 e.